The first-order chi connectivity index (χ1) is 12.5. The highest BCUT2D eigenvalue weighted by atomic mass is 19.1. The Balaban J connectivity index is 1.48. The van der Waals surface area contributed by atoms with E-state index >= 15 is 0 Å². The van der Waals surface area contributed by atoms with E-state index in [1.54, 1.807) is 24.0 Å². The predicted molar refractivity (Wildman–Crippen MR) is 92.5 cm³/mol. The summed E-state index contributed by atoms with van der Waals surface area (Å²) in [6, 6.07) is 5.48. The first kappa shape index (κ1) is 18.2. The molecule has 1 saturated heterocycles. The molecule has 0 bridgehead atoms. The number of nitrogens with zero attached hydrogens (tertiary/aromatic N) is 3. The number of benzene rings is 1. The lowest BCUT2D eigenvalue weighted by Crippen LogP contribution is -2.48. The zero-order valence-corrected chi connectivity index (χ0v) is 14.9. The lowest BCUT2D eigenvalue weighted by molar-refractivity contribution is 0.164. The number of amides is 2. The molecule has 2 amide bonds. The molecule has 7 nitrogen and oxygen atoms in total. The Morgan fingerprint density at radius 1 is 1.46 bits per heavy atom. The van der Waals surface area contributed by atoms with Crippen molar-refractivity contribution in [2.45, 2.75) is 38.6 Å². The Labute approximate surface area is 151 Å². The summed E-state index contributed by atoms with van der Waals surface area (Å²) in [6.07, 6.45) is 1.81. The third-order valence-electron chi connectivity index (χ3n) is 4.28. The third kappa shape index (κ3) is 4.71. The van der Waals surface area contributed by atoms with E-state index in [4.69, 9.17) is 9.26 Å². The number of hydrogen-bond donors (Lipinski definition) is 1. The van der Waals surface area contributed by atoms with Crippen molar-refractivity contribution in [3.8, 4) is 5.75 Å². The Morgan fingerprint density at radius 3 is 2.92 bits per heavy atom. The van der Waals surface area contributed by atoms with Gasteiger partial charge in [-0.2, -0.15) is 4.98 Å². The lowest BCUT2D eigenvalue weighted by Gasteiger charge is -2.32. The number of rotatable bonds is 5. The number of piperidine rings is 1. The molecule has 3 rings (SSSR count). The number of aromatic nitrogens is 2. The summed E-state index contributed by atoms with van der Waals surface area (Å²) in [4.78, 5) is 18.5. The molecule has 0 spiro atoms. The van der Waals surface area contributed by atoms with Crippen molar-refractivity contribution in [3.63, 3.8) is 0 Å². The normalized spacial score (nSPS) is 18.4. The smallest absolute Gasteiger partial charge is 0.317 e. The van der Waals surface area contributed by atoms with Crippen molar-refractivity contribution < 1.29 is 18.4 Å². The summed E-state index contributed by atoms with van der Waals surface area (Å²) in [7, 11) is 0. The van der Waals surface area contributed by atoms with E-state index in [0.717, 1.165) is 12.8 Å². The van der Waals surface area contributed by atoms with Crippen LogP contribution in [-0.4, -0.2) is 46.8 Å². The molecule has 2 aromatic rings. The van der Waals surface area contributed by atoms with Crippen LogP contribution in [0.2, 0.25) is 0 Å². The first-order valence-corrected chi connectivity index (χ1v) is 8.75. The highest BCUT2D eigenvalue weighted by Gasteiger charge is 2.28. The summed E-state index contributed by atoms with van der Waals surface area (Å²) in [6.45, 7) is 5.20. The molecule has 0 saturated carbocycles. The van der Waals surface area contributed by atoms with E-state index in [0.29, 0.717) is 37.2 Å². The fraction of sp³-hybridized carbons (Fsp3) is 0.500. The van der Waals surface area contributed by atoms with Gasteiger partial charge in [-0.05, 0) is 51.0 Å². The van der Waals surface area contributed by atoms with Crippen LogP contribution in [0, 0.1) is 12.7 Å². The molecule has 1 N–H and O–H groups in total. The van der Waals surface area contributed by atoms with Gasteiger partial charge in [0.1, 0.15) is 18.2 Å². The Bertz CT molecular complexity index is 734. The minimum absolute atomic E-state index is 0.0708. The molecule has 1 aliphatic rings. The second-order valence-electron chi connectivity index (χ2n) is 6.58. The molecule has 2 atom stereocenters. The van der Waals surface area contributed by atoms with E-state index in [9.17, 15) is 9.18 Å². The van der Waals surface area contributed by atoms with Gasteiger partial charge in [-0.3, -0.25) is 0 Å². The van der Waals surface area contributed by atoms with Crippen molar-refractivity contribution in [2.24, 2.45) is 0 Å². The second kappa shape index (κ2) is 8.16. The molecule has 8 heteroatoms. The Kier molecular flexibility index (Phi) is 5.70. The van der Waals surface area contributed by atoms with Gasteiger partial charge in [0.2, 0.25) is 5.89 Å². The third-order valence-corrected chi connectivity index (χ3v) is 4.28. The average Bonchev–Trinajstić information content (AvgIpc) is 3.08. The van der Waals surface area contributed by atoms with E-state index in [2.05, 4.69) is 15.5 Å². The van der Waals surface area contributed by atoms with E-state index in [1.807, 2.05) is 6.92 Å². The second-order valence-corrected chi connectivity index (χ2v) is 6.58. The maximum Gasteiger partial charge on any atom is 0.317 e. The highest BCUT2D eigenvalue weighted by Crippen LogP contribution is 2.25. The summed E-state index contributed by atoms with van der Waals surface area (Å²) in [5, 5.41) is 6.75. The van der Waals surface area contributed by atoms with Crippen LogP contribution in [0.3, 0.4) is 0 Å². The highest BCUT2D eigenvalue weighted by molar-refractivity contribution is 5.74. The van der Waals surface area contributed by atoms with Crippen molar-refractivity contribution in [1.29, 1.82) is 0 Å². The molecule has 1 aromatic heterocycles. The number of carbonyl (C=O) groups is 1. The number of ether oxygens (including phenoxy) is 1. The molecule has 1 aromatic carbocycles. The number of likely N-dealkylation sites (tertiary alicyclic amines) is 1. The van der Waals surface area contributed by atoms with Crippen LogP contribution < -0.4 is 10.1 Å². The minimum Gasteiger partial charge on any atom is -0.491 e. The van der Waals surface area contributed by atoms with Gasteiger partial charge in [0.05, 0.1) is 12.0 Å². The number of carbonyl (C=O) groups excluding carboxylic acids is 1. The monoisotopic (exact) mass is 362 g/mol. The Morgan fingerprint density at radius 2 is 2.23 bits per heavy atom. The predicted octanol–water partition coefficient (Wildman–Crippen LogP) is 2.87. The number of aryl methyl sites for hydroxylation is 1. The minimum atomic E-state index is -0.310. The van der Waals surface area contributed by atoms with E-state index in [1.165, 1.54) is 12.1 Å². The van der Waals surface area contributed by atoms with Crippen molar-refractivity contribution in [1.82, 2.24) is 20.4 Å². The quantitative estimate of drug-likeness (QED) is 0.885. The van der Waals surface area contributed by atoms with E-state index < -0.39 is 0 Å². The molecular weight excluding hydrogens is 339 g/mol. The van der Waals surface area contributed by atoms with E-state index in [-0.39, 0.29) is 23.8 Å². The van der Waals surface area contributed by atoms with Crippen LogP contribution in [0.5, 0.6) is 5.75 Å². The zero-order valence-electron chi connectivity index (χ0n) is 14.9. The number of urea groups is 1. The average molecular weight is 362 g/mol. The van der Waals surface area contributed by atoms with Gasteiger partial charge in [-0.1, -0.05) is 5.16 Å². The molecule has 140 valence electrons. The maximum atomic E-state index is 12.9. The zero-order chi connectivity index (χ0) is 18.5. The lowest BCUT2D eigenvalue weighted by atomic mass is 9.98. The topological polar surface area (TPSA) is 80.5 Å². The van der Waals surface area contributed by atoms with Crippen LogP contribution in [-0.2, 0) is 0 Å². The number of hydrogen-bond acceptors (Lipinski definition) is 5. The van der Waals surface area contributed by atoms with Crippen LogP contribution in [0.4, 0.5) is 9.18 Å². The SMILES string of the molecule is Cc1noc([C@@H]2CCCN(C(=O)N[C@@H](C)COc3ccc(F)cc3)C2)n1. The molecule has 0 radical (unpaired) electrons. The summed E-state index contributed by atoms with van der Waals surface area (Å²) in [5.74, 6) is 1.52. The van der Waals surface area contributed by atoms with Crippen molar-refractivity contribution in [2.75, 3.05) is 19.7 Å². The molecule has 1 aliphatic heterocycles. The van der Waals surface area contributed by atoms with Gasteiger partial charge < -0.3 is 19.5 Å². The van der Waals surface area contributed by atoms with Gasteiger partial charge in [-0.25, -0.2) is 9.18 Å². The van der Waals surface area contributed by atoms with Gasteiger partial charge in [0.15, 0.2) is 5.82 Å². The van der Waals surface area contributed by atoms with Gasteiger partial charge >= 0.3 is 6.03 Å². The van der Waals surface area contributed by atoms with Gasteiger partial charge in [0, 0.05) is 13.1 Å². The van der Waals surface area contributed by atoms with Gasteiger partial charge in [0.25, 0.3) is 0 Å². The van der Waals surface area contributed by atoms with Crippen LogP contribution >= 0.6 is 0 Å². The summed E-state index contributed by atoms with van der Waals surface area (Å²) >= 11 is 0. The number of nitrogens with one attached hydrogen (secondary N) is 1. The first-order valence-electron chi connectivity index (χ1n) is 8.75. The molecule has 2 heterocycles. The van der Waals surface area contributed by atoms with Crippen LogP contribution in [0.25, 0.3) is 0 Å². The molecule has 26 heavy (non-hydrogen) atoms. The number of halogens is 1. The van der Waals surface area contributed by atoms with Crippen molar-refractivity contribution in [3.05, 3.63) is 41.8 Å². The van der Waals surface area contributed by atoms with Crippen LogP contribution in [0.15, 0.2) is 28.8 Å². The fourth-order valence-corrected chi connectivity index (χ4v) is 2.94. The van der Waals surface area contributed by atoms with Crippen LogP contribution in [0.1, 0.15) is 37.4 Å². The summed E-state index contributed by atoms with van der Waals surface area (Å²) in [5.41, 5.74) is 0. The van der Waals surface area contributed by atoms with Gasteiger partial charge in [-0.15, -0.1) is 0 Å². The molecule has 0 aliphatic carbocycles. The maximum absolute atomic E-state index is 12.9. The molecular formula is C18H23FN4O3. The molecule has 0 unspecified atom stereocenters. The molecule has 1 fully saturated rings. The Hall–Kier alpha value is -2.64. The van der Waals surface area contributed by atoms with Crippen molar-refractivity contribution >= 4 is 6.03 Å². The summed E-state index contributed by atoms with van der Waals surface area (Å²) < 4.78 is 23.7. The fourth-order valence-electron chi connectivity index (χ4n) is 2.94. The standard InChI is InChI=1S/C18H23FN4O3/c1-12(11-25-16-7-5-15(19)6-8-16)20-18(24)23-9-3-4-14(10-23)17-21-13(2)22-26-17/h5-8,12,14H,3-4,9-11H2,1-2H3,(H,20,24)/t12-,14+/m0/s1. The largest absolute Gasteiger partial charge is 0.491 e.